The highest BCUT2D eigenvalue weighted by Gasteiger charge is 2.32. The van der Waals surface area contributed by atoms with E-state index >= 15 is 0 Å². The summed E-state index contributed by atoms with van der Waals surface area (Å²) in [6, 6.07) is 12.6. The molecule has 0 spiro atoms. The van der Waals surface area contributed by atoms with Crippen molar-refractivity contribution >= 4 is 34.6 Å². The molecule has 0 saturated carbocycles. The van der Waals surface area contributed by atoms with E-state index in [2.05, 4.69) is 20.9 Å². The second-order valence-corrected chi connectivity index (χ2v) is 8.70. The summed E-state index contributed by atoms with van der Waals surface area (Å²) in [5.74, 6) is -3.41. The zero-order valence-electron chi connectivity index (χ0n) is 20.3. The Kier molecular flexibility index (Phi) is 9.36. The van der Waals surface area contributed by atoms with Gasteiger partial charge in [-0.25, -0.2) is 4.79 Å². The quantitative estimate of drug-likeness (QED) is 0.177. The van der Waals surface area contributed by atoms with Crippen LogP contribution in [-0.2, 0) is 32.0 Å². The monoisotopic (exact) mass is 509 g/mol. The minimum atomic E-state index is -1.58. The molecule has 0 saturated heterocycles. The Morgan fingerprint density at radius 1 is 0.892 bits per heavy atom. The molecule has 1 heterocycles. The van der Waals surface area contributed by atoms with Gasteiger partial charge in [-0.05, 0) is 24.1 Å². The Bertz CT molecular complexity index is 1240. The number of aliphatic hydroxyl groups is 1. The third-order valence-electron chi connectivity index (χ3n) is 5.90. The summed E-state index contributed by atoms with van der Waals surface area (Å²) in [6.45, 7) is 0.914. The third-order valence-corrected chi connectivity index (χ3v) is 5.90. The van der Waals surface area contributed by atoms with E-state index in [0.717, 1.165) is 16.5 Å². The maximum Gasteiger partial charge on any atom is 0.328 e. The number of nitrogens with one attached hydrogen (secondary N) is 4. The normalized spacial score (nSPS) is 14.2. The number of carbonyl (C=O) groups excluding carboxylic acids is 3. The molecule has 2 aromatic carbocycles. The van der Waals surface area contributed by atoms with Crippen molar-refractivity contribution in [2.45, 2.75) is 44.0 Å². The lowest BCUT2D eigenvalue weighted by molar-refractivity contribution is -0.145. The van der Waals surface area contributed by atoms with Gasteiger partial charge in [-0.3, -0.25) is 14.4 Å². The number of carboxylic acids is 1. The van der Waals surface area contributed by atoms with Crippen LogP contribution in [0.5, 0.6) is 0 Å². The number of fused-ring (bicyclic) bond motifs is 1. The standard InChI is InChI=1S/C26H31N5O6/c1-15(32)23(26(36)37)31-25(35)21(12-17-14-28-19-10-6-5-9-18(17)19)30-24(34)20(29-22(33)13-27)11-16-7-3-2-4-8-16/h2-10,14-15,20-21,23,28,32H,11-13,27H2,1H3,(H,29,33)(H,30,34)(H,31,35)(H,36,37). The average molecular weight is 510 g/mol. The first-order chi connectivity index (χ1) is 17.7. The van der Waals surface area contributed by atoms with Gasteiger partial charge in [-0.2, -0.15) is 0 Å². The third kappa shape index (κ3) is 7.38. The van der Waals surface area contributed by atoms with E-state index < -0.39 is 47.9 Å². The van der Waals surface area contributed by atoms with Gasteiger partial charge in [0.1, 0.15) is 12.1 Å². The fourth-order valence-electron chi connectivity index (χ4n) is 3.96. The number of aromatic nitrogens is 1. The van der Waals surface area contributed by atoms with Gasteiger partial charge < -0.3 is 36.9 Å². The van der Waals surface area contributed by atoms with Crippen LogP contribution >= 0.6 is 0 Å². The van der Waals surface area contributed by atoms with Gasteiger partial charge in [0.25, 0.3) is 0 Å². The molecule has 4 unspecified atom stereocenters. The van der Waals surface area contributed by atoms with Crippen molar-refractivity contribution in [2.24, 2.45) is 5.73 Å². The number of carboxylic acid groups (broad SMARTS) is 1. The molecule has 3 aromatic rings. The zero-order chi connectivity index (χ0) is 26.9. The van der Waals surface area contributed by atoms with Gasteiger partial charge in [-0.15, -0.1) is 0 Å². The van der Waals surface area contributed by atoms with Crippen molar-refractivity contribution in [1.82, 2.24) is 20.9 Å². The number of benzene rings is 2. The molecule has 11 heteroatoms. The van der Waals surface area contributed by atoms with Crippen molar-refractivity contribution in [3.8, 4) is 0 Å². The largest absolute Gasteiger partial charge is 0.480 e. The Labute approximate surface area is 213 Å². The van der Waals surface area contributed by atoms with Crippen LogP contribution in [0, 0.1) is 0 Å². The number of hydrogen-bond donors (Lipinski definition) is 7. The Morgan fingerprint density at radius 2 is 1.51 bits per heavy atom. The summed E-state index contributed by atoms with van der Waals surface area (Å²) in [4.78, 5) is 53.2. The highest BCUT2D eigenvalue weighted by molar-refractivity contribution is 5.94. The van der Waals surface area contributed by atoms with Gasteiger partial charge in [-0.1, -0.05) is 48.5 Å². The second kappa shape index (κ2) is 12.7. The van der Waals surface area contributed by atoms with Gasteiger partial charge in [0.05, 0.1) is 12.6 Å². The van der Waals surface area contributed by atoms with Gasteiger partial charge >= 0.3 is 5.97 Å². The predicted octanol–water partition coefficient (Wildman–Crippen LogP) is -0.168. The van der Waals surface area contributed by atoms with Crippen molar-refractivity contribution < 1.29 is 29.4 Å². The molecule has 196 valence electrons. The number of carbonyl (C=O) groups is 4. The molecule has 0 fully saturated rings. The number of hydrogen-bond acceptors (Lipinski definition) is 6. The van der Waals surface area contributed by atoms with Crippen LogP contribution in [0.15, 0.2) is 60.8 Å². The van der Waals surface area contributed by atoms with Crippen LogP contribution < -0.4 is 21.7 Å². The molecule has 0 aliphatic heterocycles. The number of aliphatic carboxylic acids is 1. The van der Waals surface area contributed by atoms with E-state index in [-0.39, 0.29) is 19.4 Å². The maximum atomic E-state index is 13.3. The summed E-state index contributed by atoms with van der Waals surface area (Å²) < 4.78 is 0. The summed E-state index contributed by atoms with van der Waals surface area (Å²) in [7, 11) is 0. The number of amides is 3. The molecule has 0 aliphatic rings. The fourth-order valence-corrected chi connectivity index (χ4v) is 3.96. The maximum absolute atomic E-state index is 13.3. The highest BCUT2D eigenvalue weighted by atomic mass is 16.4. The lowest BCUT2D eigenvalue weighted by atomic mass is 10.0. The summed E-state index contributed by atoms with van der Waals surface area (Å²) in [5.41, 5.74) is 7.74. The molecular formula is C26H31N5O6. The van der Waals surface area contributed by atoms with Crippen molar-refractivity contribution in [3.05, 3.63) is 71.9 Å². The molecule has 4 atom stereocenters. The van der Waals surface area contributed by atoms with E-state index in [4.69, 9.17) is 5.73 Å². The summed E-state index contributed by atoms with van der Waals surface area (Å²) in [5, 5.41) is 27.6. The minimum absolute atomic E-state index is 0.0244. The molecule has 11 nitrogen and oxygen atoms in total. The van der Waals surface area contributed by atoms with Crippen molar-refractivity contribution in [3.63, 3.8) is 0 Å². The van der Waals surface area contributed by atoms with Crippen LogP contribution in [0.3, 0.4) is 0 Å². The first-order valence-corrected chi connectivity index (χ1v) is 11.8. The van der Waals surface area contributed by atoms with Crippen LogP contribution in [0.1, 0.15) is 18.1 Å². The summed E-state index contributed by atoms with van der Waals surface area (Å²) in [6.07, 6.45) is 0.501. The van der Waals surface area contributed by atoms with Gasteiger partial charge in [0, 0.05) is 29.9 Å². The number of rotatable bonds is 12. The fraction of sp³-hybridized carbons (Fsp3) is 0.308. The first-order valence-electron chi connectivity index (χ1n) is 11.8. The van der Waals surface area contributed by atoms with E-state index in [9.17, 15) is 29.4 Å². The zero-order valence-corrected chi connectivity index (χ0v) is 20.3. The Balaban J connectivity index is 1.88. The van der Waals surface area contributed by atoms with Gasteiger partial charge in [0.2, 0.25) is 17.7 Å². The SMILES string of the molecule is CC(O)C(NC(=O)C(Cc1c[nH]c2ccccc12)NC(=O)C(Cc1ccccc1)NC(=O)CN)C(=O)O. The molecule has 8 N–H and O–H groups in total. The first kappa shape index (κ1) is 27.4. The topological polar surface area (TPSA) is 187 Å². The molecule has 3 amide bonds. The average Bonchev–Trinajstić information content (AvgIpc) is 3.29. The number of nitrogens with two attached hydrogens (primary N) is 1. The Hall–Kier alpha value is -4.22. The molecular weight excluding hydrogens is 478 g/mol. The highest BCUT2D eigenvalue weighted by Crippen LogP contribution is 2.19. The van der Waals surface area contributed by atoms with Crippen LogP contribution in [0.2, 0.25) is 0 Å². The van der Waals surface area contributed by atoms with Crippen LogP contribution in [0.4, 0.5) is 0 Å². The molecule has 1 aromatic heterocycles. The molecule has 3 rings (SSSR count). The van der Waals surface area contributed by atoms with Gasteiger partial charge in [0.15, 0.2) is 6.04 Å². The van der Waals surface area contributed by atoms with Crippen molar-refractivity contribution in [2.75, 3.05) is 6.54 Å². The second-order valence-electron chi connectivity index (χ2n) is 8.70. The lowest BCUT2D eigenvalue weighted by Crippen LogP contribution is -2.58. The molecule has 0 bridgehead atoms. The Morgan fingerprint density at radius 3 is 2.16 bits per heavy atom. The van der Waals surface area contributed by atoms with E-state index in [0.29, 0.717) is 5.56 Å². The lowest BCUT2D eigenvalue weighted by Gasteiger charge is -2.25. The number of aromatic amines is 1. The van der Waals surface area contributed by atoms with E-state index in [1.54, 1.807) is 30.5 Å². The number of para-hydroxylation sites is 1. The molecule has 0 aliphatic carbocycles. The molecule has 0 radical (unpaired) electrons. The summed E-state index contributed by atoms with van der Waals surface area (Å²) >= 11 is 0. The van der Waals surface area contributed by atoms with Crippen LogP contribution in [-0.4, -0.2) is 69.7 Å². The number of H-pyrrole nitrogens is 1. The smallest absolute Gasteiger partial charge is 0.328 e. The minimum Gasteiger partial charge on any atom is -0.480 e. The predicted molar refractivity (Wildman–Crippen MR) is 136 cm³/mol. The van der Waals surface area contributed by atoms with Crippen molar-refractivity contribution in [1.29, 1.82) is 0 Å². The van der Waals surface area contributed by atoms with Crippen LogP contribution in [0.25, 0.3) is 10.9 Å². The molecule has 37 heavy (non-hydrogen) atoms. The number of aliphatic hydroxyl groups excluding tert-OH is 1. The van der Waals surface area contributed by atoms with E-state index in [1.807, 2.05) is 30.3 Å². The van der Waals surface area contributed by atoms with E-state index in [1.165, 1.54) is 6.92 Å².